The summed E-state index contributed by atoms with van der Waals surface area (Å²) in [5.74, 6) is -0.118. The molecule has 0 fully saturated rings. The molecule has 0 aliphatic rings. The molecule has 0 amide bonds. The lowest BCUT2D eigenvalue weighted by Gasteiger charge is -2.28. The molecule has 11 heteroatoms. The van der Waals surface area contributed by atoms with Crippen molar-refractivity contribution in [3.05, 3.63) is 71.0 Å². The van der Waals surface area contributed by atoms with E-state index >= 15 is 0 Å². The Bertz CT molecular complexity index is 1130. The predicted molar refractivity (Wildman–Crippen MR) is 120 cm³/mol. The first-order valence-electron chi connectivity index (χ1n) is 10.2. The lowest BCUT2D eigenvalue weighted by Crippen LogP contribution is -2.40. The van der Waals surface area contributed by atoms with Gasteiger partial charge in [-0.05, 0) is 25.1 Å². The van der Waals surface area contributed by atoms with E-state index in [1.807, 2.05) is 39.8 Å². The van der Waals surface area contributed by atoms with Crippen molar-refractivity contribution in [1.82, 2.24) is 40.1 Å². The fraction of sp³-hybridized carbons (Fsp3) is 0.286. The standard InChI is InChI=1S/C21H24N8O2S/c30-20(31)18(28(13-15-9-22-23-10-15)14-16-11-24-25-12-16)7-4-8-29-19(26-27-21(29)32)17-5-2-1-3-6-17/h1-3,5-6,9-12,18H,4,7-8,13-14H2,(H,22,23)(H,24,25)(H,27,32)(H,30,31)/t18-/m0/s1. The van der Waals surface area contributed by atoms with Crippen molar-refractivity contribution in [3.8, 4) is 11.4 Å². The number of carboxylic acid groups (broad SMARTS) is 1. The van der Waals surface area contributed by atoms with Gasteiger partial charge in [-0.25, -0.2) is 0 Å². The van der Waals surface area contributed by atoms with E-state index in [0.29, 0.717) is 37.2 Å². The molecule has 0 unspecified atom stereocenters. The first-order chi connectivity index (χ1) is 15.6. The van der Waals surface area contributed by atoms with Crippen LogP contribution in [0.3, 0.4) is 0 Å². The fourth-order valence-corrected chi connectivity index (χ4v) is 3.93. The maximum Gasteiger partial charge on any atom is 0.320 e. The van der Waals surface area contributed by atoms with Crippen molar-refractivity contribution in [1.29, 1.82) is 0 Å². The molecule has 4 rings (SSSR count). The van der Waals surface area contributed by atoms with Gasteiger partial charge in [0, 0.05) is 48.7 Å². The fourth-order valence-electron chi connectivity index (χ4n) is 3.71. The molecule has 3 aromatic heterocycles. The smallest absolute Gasteiger partial charge is 0.320 e. The van der Waals surface area contributed by atoms with Crippen LogP contribution in [0.5, 0.6) is 0 Å². The van der Waals surface area contributed by atoms with Crippen LogP contribution < -0.4 is 0 Å². The van der Waals surface area contributed by atoms with E-state index in [-0.39, 0.29) is 0 Å². The largest absolute Gasteiger partial charge is 0.480 e. The Morgan fingerprint density at radius 2 is 1.75 bits per heavy atom. The highest BCUT2D eigenvalue weighted by molar-refractivity contribution is 7.71. The van der Waals surface area contributed by atoms with E-state index in [4.69, 9.17) is 12.2 Å². The second kappa shape index (κ2) is 10.2. The van der Waals surface area contributed by atoms with Crippen molar-refractivity contribution in [2.45, 2.75) is 38.5 Å². The lowest BCUT2D eigenvalue weighted by molar-refractivity contribution is -0.144. The molecule has 4 N–H and O–H groups in total. The first-order valence-corrected chi connectivity index (χ1v) is 10.7. The first kappa shape index (κ1) is 21.7. The number of aliphatic carboxylic acids is 1. The van der Waals surface area contributed by atoms with E-state index in [2.05, 4.69) is 30.6 Å². The topological polar surface area (TPSA) is 132 Å². The van der Waals surface area contributed by atoms with Crippen LogP contribution in [-0.2, 0) is 24.4 Å². The van der Waals surface area contributed by atoms with E-state index in [9.17, 15) is 9.90 Å². The Kier molecular flexibility index (Phi) is 6.87. The maximum absolute atomic E-state index is 12.2. The molecule has 0 aliphatic carbocycles. The SMILES string of the molecule is O=C(O)[C@H](CCCn1c(-c2ccccc2)n[nH]c1=S)N(Cc1cn[nH]c1)Cc1cn[nH]c1. The molecule has 0 spiro atoms. The molecule has 0 radical (unpaired) electrons. The summed E-state index contributed by atoms with van der Waals surface area (Å²) in [6.07, 6.45) is 8.04. The third-order valence-corrected chi connectivity index (χ3v) is 5.57. The minimum absolute atomic E-state index is 0.451. The van der Waals surface area contributed by atoms with Gasteiger partial charge >= 0.3 is 5.97 Å². The molecule has 0 saturated carbocycles. The Labute approximate surface area is 189 Å². The van der Waals surface area contributed by atoms with Gasteiger partial charge in [0.15, 0.2) is 10.6 Å². The van der Waals surface area contributed by atoms with Crippen LogP contribution in [0.1, 0.15) is 24.0 Å². The quantitative estimate of drug-likeness (QED) is 0.257. The molecule has 166 valence electrons. The normalized spacial score (nSPS) is 12.3. The van der Waals surface area contributed by atoms with Gasteiger partial charge in [-0.1, -0.05) is 30.3 Å². The van der Waals surface area contributed by atoms with Gasteiger partial charge in [0.2, 0.25) is 0 Å². The number of aromatic nitrogens is 7. The van der Waals surface area contributed by atoms with Crippen LogP contribution in [0.2, 0.25) is 0 Å². The van der Waals surface area contributed by atoms with Crippen molar-refractivity contribution in [2.24, 2.45) is 0 Å². The van der Waals surface area contributed by atoms with Crippen LogP contribution in [0, 0.1) is 4.77 Å². The van der Waals surface area contributed by atoms with Crippen molar-refractivity contribution in [3.63, 3.8) is 0 Å². The van der Waals surface area contributed by atoms with Gasteiger partial charge in [-0.3, -0.25) is 25.0 Å². The zero-order chi connectivity index (χ0) is 22.3. The van der Waals surface area contributed by atoms with Crippen molar-refractivity contribution < 1.29 is 9.90 Å². The maximum atomic E-state index is 12.2. The summed E-state index contributed by atoms with van der Waals surface area (Å²) in [6, 6.07) is 9.10. The van der Waals surface area contributed by atoms with Crippen LogP contribution in [0.25, 0.3) is 11.4 Å². The number of rotatable bonds is 11. The van der Waals surface area contributed by atoms with Crippen LogP contribution in [0.4, 0.5) is 0 Å². The van der Waals surface area contributed by atoms with E-state index in [1.165, 1.54) is 0 Å². The van der Waals surface area contributed by atoms with Crippen molar-refractivity contribution in [2.75, 3.05) is 0 Å². The highest BCUT2D eigenvalue weighted by atomic mass is 32.1. The number of H-pyrrole nitrogens is 3. The van der Waals surface area contributed by atoms with Gasteiger partial charge in [0.1, 0.15) is 6.04 Å². The predicted octanol–water partition coefficient (Wildman–Crippen LogP) is 2.99. The second-order valence-electron chi connectivity index (χ2n) is 7.48. The third kappa shape index (κ3) is 5.18. The third-order valence-electron chi connectivity index (χ3n) is 5.26. The molecule has 3 heterocycles. The highest BCUT2D eigenvalue weighted by Crippen LogP contribution is 2.20. The summed E-state index contributed by atoms with van der Waals surface area (Å²) < 4.78 is 2.43. The van der Waals surface area contributed by atoms with Crippen LogP contribution in [-0.4, -0.2) is 57.2 Å². The molecule has 1 atom stereocenters. The molecule has 0 bridgehead atoms. The summed E-state index contributed by atoms with van der Waals surface area (Å²) >= 11 is 5.41. The Morgan fingerprint density at radius 3 is 2.31 bits per heavy atom. The molecule has 32 heavy (non-hydrogen) atoms. The lowest BCUT2D eigenvalue weighted by atomic mass is 10.1. The van der Waals surface area contributed by atoms with E-state index in [1.54, 1.807) is 24.8 Å². The molecule has 4 aromatic rings. The zero-order valence-electron chi connectivity index (χ0n) is 17.3. The summed E-state index contributed by atoms with van der Waals surface area (Å²) in [6.45, 7) is 1.48. The Hall–Kier alpha value is -3.57. The number of aromatic amines is 3. The average molecular weight is 453 g/mol. The number of carboxylic acids is 1. The number of hydrogen-bond donors (Lipinski definition) is 4. The molecular weight excluding hydrogens is 428 g/mol. The number of nitrogens with one attached hydrogen (secondary N) is 3. The number of hydrogen-bond acceptors (Lipinski definition) is 6. The highest BCUT2D eigenvalue weighted by Gasteiger charge is 2.26. The van der Waals surface area contributed by atoms with Crippen molar-refractivity contribution >= 4 is 18.2 Å². The van der Waals surface area contributed by atoms with Crippen LogP contribution in [0.15, 0.2) is 55.1 Å². The molecule has 1 aromatic carbocycles. The number of carbonyl (C=O) groups is 1. The number of benzene rings is 1. The van der Waals surface area contributed by atoms with Gasteiger partial charge in [-0.2, -0.15) is 15.3 Å². The summed E-state index contributed by atoms with van der Waals surface area (Å²) in [7, 11) is 0. The summed E-state index contributed by atoms with van der Waals surface area (Å²) in [5.41, 5.74) is 2.79. The summed E-state index contributed by atoms with van der Waals surface area (Å²) in [4.78, 5) is 14.1. The zero-order valence-corrected chi connectivity index (χ0v) is 18.1. The van der Waals surface area contributed by atoms with Crippen LogP contribution >= 0.6 is 12.2 Å². The second-order valence-corrected chi connectivity index (χ2v) is 7.87. The Morgan fingerprint density at radius 1 is 1.09 bits per heavy atom. The van der Waals surface area contributed by atoms with Gasteiger partial charge in [0.25, 0.3) is 0 Å². The monoisotopic (exact) mass is 452 g/mol. The minimum atomic E-state index is -0.865. The Balaban J connectivity index is 1.48. The average Bonchev–Trinajstić information content (AvgIpc) is 3.55. The van der Waals surface area contributed by atoms with E-state index < -0.39 is 12.0 Å². The molecule has 0 aliphatic heterocycles. The minimum Gasteiger partial charge on any atom is -0.480 e. The summed E-state index contributed by atoms with van der Waals surface area (Å²) in [5, 5.41) is 30.7. The van der Waals surface area contributed by atoms with Gasteiger partial charge < -0.3 is 9.67 Å². The van der Waals surface area contributed by atoms with Gasteiger partial charge in [0.05, 0.1) is 12.4 Å². The van der Waals surface area contributed by atoms with E-state index in [0.717, 1.165) is 22.5 Å². The van der Waals surface area contributed by atoms with Gasteiger partial charge in [-0.15, -0.1) is 0 Å². The molecular formula is C21H24N8O2S. The number of nitrogens with zero attached hydrogens (tertiary/aromatic N) is 5. The molecule has 0 saturated heterocycles. The molecule has 10 nitrogen and oxygen atoms in total.